The molecule has 0 spiro atoms. The van der Waals surface area contributed by atoms with Crippen LogP contribution in [0.5, 0.6) is 0 Å². The number of thiazole rings is 1. The van der Waals surface area contributed by atoms with Crippen LogP contribution in [-0.4, -0.2) is 21.8 Å². The van der Waals surface area contributed by atoms with E-state index in [1.807, 2.05) is 0 Å². The van der Waals surface area contributed by atoms with Crippen LogP contribution in [-0.2, 0) is 12.0 Å². The van der Waals surface area contributed by atoms with Gasteiger partial charge in [0, 0.05) is 23.6 Å². The van der Waals surface area contributed by atoms with Crippen molar-refractivity contribution in [2.24, 2.45) is 0 Å². The van der Waals surface area contributed by atoms with Gasteiger partial charge in [-0.15, -0.1) is 11.3 Å². The lowest BCUT2D eigenvalue weighted by molar-refractivity contribution is 0.0733. The minimum atomic E-state index is -0.259. The number of nitrogens with zero attached hydrogens (tertiary/aromatic N) is 2. The molecule has 3 nitrogen and oxygen atoms in total. The van der Waals surface area contributed by atoms with Gasteiger partial charge in [-0.2, -0.15) is 0 Å². The second-order valence-electron chi connectivity index (χ2n) is 7.04. The lowest BCUT2D eigenvalue weighted by Crippen LogP contribution is -2.32. The number of carbonyl (C=O) groups is 1. The first-order valence-electron chi connectivity index (χ1n) is 7.87. The summed E-state index contributed by atoms with van der Waals surface area (Å²) >= 11 is 1.44. The molecule has 1 aliphatic rings. The fourth-order valence-corrected chi connectivity index (χ4v) is 3.35. The van der Waals surface area contributed by atoms with E-state index < -0.39 is 0 Å². The van der Waals surface area contributed by atoms with Crippen molar-refractivity contribution in [2.75, 3.05) is 0 Å². The van der Waals surface area contributed by atoms with Gasteiger partial charge < -0.3 is 4.90 Å². The van der Waals surface area contributed by atoms with Crippen molar-refractivity contribution in [1.29, 1.82) is 0 Å². The van der Waals surface area contributed by atoms with Crippen molar-refractivity contribution in [2.45, 2.75) is 51.6 Å². The summed E-state index contributed by atoms with van der Waals surface area (Å²) < 4.78 is 13.9. The fourth-order valence-electron chi connectivity index (χ4n) is 2.42. The Labute approximate surface area is 140 Å². The molecule has 3 rings (SSSR count). The molecule has 5 heteroatoms. The van der Waals surface area contributed by atoms with Gasteiger partial charge in [0.15, 0.2) is 0 Å². The third-order valence-electron chi connectivity index (χ3n) is 3.91. The molecule has 0 bridgehead atoms. The Morgan fingerprint density at radius 1 is 1.35 bits per heavy atom. The van der Waals surface area contributed by atoms with Crippen molar-refractivity contribution in [3.63, 3.8) is 0 Å². The number of halogens is 1. The standard InChI is InChI=1S/C18H21FN2OS/c1-18(2,3)17-20-10-15(23-17)16(22)21(13-8-9-13)11-12-6-4-5-7-14(12)19/h4-7,10,13H,8-9,11H2,1-3H3. The molecule has 2 aromatic rings. The molecule has 0 atom stereocenters. The normalized spacial score (nSPS) is 14.8. The van der Waals surface area contributed by atoms with Gasteiger partial charge in [-0.05, 0) is 18.9 Å². The maximum Gasteiger partial charge on any atom is 0.266 e. The van der Waals surface area contributed by atoms with Crippen LogP contribution < -0.4 is 0 Å². The summed E-state index contributed by atoms with van der Waals surface area (Å²) in [6, 6.07) is 6.88. The zero-order valence-corrected chi connectivity index (χ0v) is 14.5. The highest BCUT2D eigenvalue weighted by Crippen LogP contribution is 2.33. The van der Waals surface area contributed by atoms with Crippen LogP contribution in [0.1, 0.15) is 53.9 Å². The Bertz CT molecular complexity index is 716. The van der Waals surface area contributed by atoms with Gasteiger partial charge in [0.1, 0.15) is 10.7 Å². The third-order valence-corrected chi connectivity index (χ3v) is 5.32. The highest BCUT2D eigenvalue weighted by Gasteiger charge is 2.34. The zero-order valence-electron chi connectivity index (χ0n) is 13.7. The largest absolute Gasteiger partial charge is 0.330 e. The quantitative estimate of drug-likeness (QED) is 0.832. The van der Waals surface area contributed by atoms with Crippen LogP contribution in [0.15, 0.2) is 30.5 Å². The predicted octanol–water partition coefficient (Wildman–Crippen LogP) is 4.38. The summed E-state index contributed by atoms with van der Waals surface area (Å²) in [5.74, 6) is -0.297. The number of benzene rings is 1. The smallest absolute Gasteiger partial charge is 0.266 e. The summed E-state index contributed by atoms with van der Waals surface area (Å²) in [4.78, 5) is 19.7. The molecule has 0 radical (unpaired) electrons. The van der Waals surface area contributed by atoms with Crippen LogP contribution >= 0.6 is 11.3 Å². The van der Waals surface area contributed by atoms with E-state index in [2.05, 4.69) is 25.8 Å². The maximum absolute atomic E-state index is 13.9. The fraction of sp³-hybridized carbons (Fsp3) is 0.444. The van der Waals surface area contributed by atoms with Gasteiger partial charge in [-0.25, -0.2) is 9.37 Å². The van der Waals surface area contributed by atoms with E-state index in [4.69, 9.17) is 0 Å². The first-order chi connectivity index (χ1) is 10.9. The molecular weight excluding hydrogens is 311 g/mol. The van der Waals surface area contributed by atoms with Crippen molar-refractivity contribution in [1.82, 2.24) is 9.88 Å². The molecule has 1 aromatic carbocycles. The van der Waals surface area contributed by atoms with Gasteiger partial charge in [-0.1, -0.05) is 39.0 Å². The minimum absolute atomic E-state index is 0.0382. The molecule has 23 heavy (non-hydrogen) atoms. The number of aromatic nitrogens is 1. The second-order valence-corrected chi connectivity index (χ2v) is 8.07. The maximum atomic E-state index is 13.9. The molecule has 1 saturated carbocycles. The molecule has 1 heterocycles. The summed E-state index contributed by atoms with van der Waals surface area (Å²) in [5, 5.41) is 0.947. The molecule has 0 unspecified atom stereocenters. The van der Waals surface area contributed by atoms with Gasteiger partial charge in [0.05, 0.1) is 11.2 Å². The van der Waals surface area contributed by atoms with Crippen LogP contribution in [0.3, 0.4) is 0 Å². The van der Waals surface area contributed by atoms with Crippen LogP contribution in [0.2, 0.25) is 0 Å². The monoisotopic (exact) mass is 332 g/mol. The first-order valence-corrected chi connectivity index (χ1v) is 8.68. The van der Waals surface area contributed by atoms with Crippen LogP contribution in [0, 0.1) is 5.82 Å². The number of carbonyl (C=O) groups excluding carboxylic acids is 1. The van der Waals surface area contributed by atoms with E-state index >= 15 is 0 Å². The summed E-state index contributed by atoms with van der Waals surface area (Å²) in [7, 11) is 0. The van der Waals surface area contributed by atoms with Crippen molar-refractivity contribution in [3.8, 4) is 0 Å². The number of hydrogen-bond donors (Lipinski definition) is 0. The van der Waals surface area contributed by atoms with E-state index in [0.29, 0.717) is 17.0 Å². The summed E-state index contributed by atoms with van der Waals surface area (Å²) in [6.45, 7) is 6.56. The van der Waals surface area contributed by atoms with Crippen molar-refractivity contribution < 1.29 is 9.18 Å². The molecule has 122 valence electrons. The van der Waals surface area contributed by atoms with E-state index in [0.717, 1.165) is 17.8 Å². The van der Waals surface area contributed by atoms with Crippen molar-refractivity contribution in [3.05, 3.63) is 51.7 Å². The first kappa shape index (κ1) is 16.1. The average molecular weight is 332 g/mol. The Morgan fingerprint density at radius 3 is 2.61 bits per heavy atom. The van der Waals surface area contributed by atoms with Gasteiger partial charge in [0.25, 0.3) is 5.91 Å². The summed E-state index contributed by atoms with van der Waals surface area (Å²) in [5.41, 5.74) is 0.493. The van der Waals surface area contributed by atoms with E-state index in [9.17, 15) is 9.18 Å². The highest BCUT2D eigenvalue weighted by molar-refractivity contribution is 7.13. The van der Waals surface area contributed by atoms with E-state index in [-0.39, 0.29) is 23.2 Å². The van der Waals surface area contributed by atoms with Gasteiger partial charge >= 0.3 is 0 Å². The molecule has 1 fully saturated rings. The molecule has 0 saturated heterocycles. The molecule has 1 amide bonds. The molecule has 0 aliphatic heterocycles. The van der Waals surface area contributed by atoms with E-state index in [1.54, 1.807) is 29.3 Å². The predicted molar refractivity (Wildman–Crippen MR) is 90.1 cm³/mol. The molecular formula is C18H21FN2OS. The number of rotatable bonds is 4. The number of amides is 1. The number of hydrogen-bond acceptors (Lipinski definition) is 3. The second kappa shape index (κ2) is 6.04. The average Bonchev–Trinajstić information content (AvgIpc) is 3.19. The Hall–Kier alpha value is -1.75. The lowest BCUT2D eigenvalue weighted by atomic mass is 9.98. The minimum Gasteiger partial charge on any atom is -0.330 e. The SMILES string of the molecule is CC(C)(C)c1ncc(C(=O)N(Cc2ccccc2F)C2CC2)s1. The van der Waals surface area contributed by atoms with Crippen molar-refractivity contribution >= 4 is 17.2 Å². The van der Waals surface area contributed by atoms with Crippen LogP contribution in [0.4, 0.5) is 4.39 Å². The zero-order chi connectivity index (χ0) is 16.6. The Kier molecular flexibility index (Phi) is 4.23. The van der Waals surface area contributed by atoms with Crippen LogP contribution in [0.25, 0.3) is 0 Å². The van der Waals surface area contributed by atoms with Gasteiger partial charge in [0.2, 0.25) is 0 Å². The summed E-state index contributed by atoms with van der Waals surface area (Å²) in [6.07, 6.45) is 3.64. The highest BCUT2D eigenvalue weighted by atomic mass is 32.1. The van der Waals surface area contributed by atoms with Gasteiger partial charge in [-0.3, -0.25) is 4.79 Å². The lowest BCUT2D eigenvalue weighted by Gasteiger charge is -2.22. The Morgan fingerprint density at radius 2 is 2.04 bits per heavy atom. The third kappa shape index (κ3) is 3.61. The Balaban J connectivity index is 1.83. The molecule has 1 aromatic heterocycles. The molecule has 0 N–H and O–H groups in total. The molecule has 1 aliphatic carbocycles. The topological polar surface area (TPSA) is 33.2 Å². The van der Waals surface area contributed by atoms with E-state index in [1.165, 1.54) is 17.4 Å².